The SMILES string of the molecule is O=C(c1ccccc1)N1CCN(c2ccc(CO)c([N+](=O)[O-])c2)CC1. The third kappa shape index (κ3) is 3.61. The monoisotopic (exact) mass is 341 g/mol. The first-order valence-corrected chi connectivity index (χ1v) is 8.07. The number of hydrogen-bond donors (Lipinski definition) is 1. The largest absolute Gasteiger partial charge is 0.391 e. The number of hydrogen-bond acceptors (Lipinski definition) is 5. The average Bonchev–Trinajstić information content (AvgIpc) is 2.67. The van der Waals surface area contributed by atoms with Crippen molar-refractivity contribution in [3.8, 4) is 0 Å². The van der Waals surface area contributed by atoms with E-state index in [0.717, 1.165) is 5.69 Å². The Bertz CT molecular complexity index is 771. The van der Waals surface area contributed by atoms with Crippen LogP contribution in [0.4, 0.5) is 11.4 Å². The van der Waals surface area contributed by atoms with Gasteiger partial charge in [-0.25, -0.2) is 0 Å². The Morgan fingerprint density at radius 2 is 1.76 bits per heavy atom. The zero-order valence-electron chi connectivity index (χ0n) is 13.7. The van der Waals surface area contributed by atoms with Crippen LogP contribution in [0.25, 0.3) is 0 Å². The predicted molar refractivity (Wildman–Crippen MR) is 93.6 cm³/mol. The summed E-state index contributed by atoms with van der Waals surface area (Å²) in [4.78, 5) is 26.9. The molecule has 0 atom stereocenters. The fourth-order valence-electron chi connectivity index (χ4n) is 2.98. The molecule has 1 amide bonds. The van der Waals surface area contributed by atoms with Gasteiger partial charge >= 0.3 is 0 Å². The Morgan fingerprint density at radius 3 is 2.36 bits per heavy atom. The summed E-state index contributed by atoms with van der Waals surface area (Å²) in [6, 6.07) is 14.0. The summed E-state index contributed by atoms with van der Waals surface area (Å²) in [5.74, 6) is 0.00172. The molecule has 0 unspecified atom stereocenters. The van der Waals surface area contributed by atoms with Gasteiger partial charge in [0.1, 0.15) is 0 Å². The molecule has 1 aliphatic heterocycles. The molecule has 2 aromatic carbocycles. The zero-order valence-corrected chi connectivity index (χ0v) is 13.7. The maximum Gasteiger partial charge on any atom is 0.276 e. The number of rotatable bonds is 4. The quantitative estimate of drug-likeness (QED) is 0.679. The molecule has 2 aromatic rings. The van der Waals surface area contributed by atoms with Crippen LogP contribution in [0.2, 0.25) is 0 Å². The first-order chi connectivity index (χ1) is 12.1. The van der Waals surface area contributed by atoms with E-state index in [1.807, 2.05) is 23.1 Å². The number of carbonyl (C=O) groups excluding carboxylic acids is 1. The summed E-state index contributed by atoms with van der Waals surface area (Å²) in [6.45, 7) is 1.96. The van der Waals surface area contributed by atoms with Gasteiger partial charge in [0.2, 0.25) is 0 Å². The van der Waals surface area contributed by atoms with Crippen molar-refractivity contribution in [3.63, 3.8) is 0 Å². The average molecular weight is 341 g/mol. The fraction of sp³-hybridized carbons (Fsp3) is 0.278. The Labute approximate surface area is 145 Å². The molecule has 3 rings (SSSR count). The van der Waals surface area contributed by atoms with Gasteiger partial charge in [-0.2, -0.15) is 0 Å². The molecule has 1 N–H and O–H groups in total. The molecule has 130 valence electrons. The summed E-state index contributed by atoms with van der Waals surface area (Å²) >= 11 is 0. The van der Waals surface area contributed by atoms with Gasteiger partial charge in [-0.15, -0.1) is 0 Å². The summed E-state index contributed by atoms with van der Waals surface area (Å²) in [6.07, 6.45) is 0. The number of anilines is 1. The molecule has 1 heterocycles. The number of nitrogens with zero attached hydrogens (tertiary/aromatic N) is 3. The van der Waals surface area contributed by atoms with E-state index in [4.69, 9.17) is 0 Å². The van der Waals surface area contributed by atoms with Crippen molar-refractivity contribution >= 4 is 17.3 Å². The lowest BCUT2D eigenvalue weighted by molar-refractivity contribution is -0.385. The number of nitro benzene ring substituents is 1. The molecule has 1 saturated heterocycles. The Morgan fingerprint density at radius 1 is 1.08 bits per heavy atom. The smallest absolute Gasteiger partial charge is 0.276 e. The van der Waals surface area contributed by atoms with Gasteiger partial charge in [-0.3, -0.25) is 14.9 Å². The van der Waals surface area contributed by atoms with Gasteiger partial charge in [0.25, 0.3) is 11.6 Å². The van der Waals surface area contributed by atoms with Gasteiger partial charge in [-0.1, -0.05) is 18.2 Å². The van der Waals surface area contributed by atoms with E-state index >= 15 is 0 Å². The highest BCUT2D eigenvalue weighted by Crippen LogP contribution is 2.26. The molecule has 7 heteroatoms. The summed E-state index contributed by atoms with van der Waals surface area (Å²) in [7, 11) is 0. The van der Waals surface area contributed by atoms with E-state index in [9.17, 15) is 20.0 Å². The molecule has 0 radical (unpaired) electrons. The highest BCUT2D eigenvalue weighted by molar-refractivity contribution is 5.94. The second-order valence-electron chi connectivity index (χ2n) is 5.87. The maximum atomic E-state index is 12.5. The molecule has 0 saturated carbocycles. The fourth-order valence-corrected chi connectivity index (χ4v) is 2.98. The highest BCUT2D eigenvalue weighted by Gasteiger charge is 2.23. The van der Waals surface area contributed by atoms with E-state index in [-0.39, 0.29) is 18.2 Å². The van der Waals surface area contributed by atoms with E-state index in [2.05, 4.69) is 0 Å². The molecule has 0 bridgehead atoms. The van der Waals surface area contributed by atoms with Gasteiger partial charge < -0.3 is 14.9 Å². The minimum Gasteiger partial charge on any atom is -0.391 e. The van der Waals surface area contributed by atoms with E-state index in [0.29, 0.717) is 37.3 Å². The number of amides is 1. The van der Waals surface area contributed by atoms with Crippen LogP contribution in [-0.2, 0) is 6.61 Å². The second kappa shape index (κ2) is 7.31. The van der Waals surface area contributed by atoms with Crippen LogP contribution in [0.5, 0.6) is 0 Å². The molecule has 25 heavy (non-hydrogen) atoms. The van der Waals surface area contributed by atoms with Crippen LogP contribution in [-0.4, -0.2) is 47.0 Å². The van der Waals surface area contributed by atoms with E-state index < -0.39 is 4.92 Å². The minimum atomic E-state index is -0.482. The Kier molecular flexibility index (Phi) is 4.95. The van der Waals surface area contributed by atoms with E-state index in [1.54, 1.807) is 29.2 Å². The minimum absolute atomic E-state index is 0.00172. The lowest BCUT2D eigenvalue weighted by atomic mass is 10.1. The van der Waals surface area contributed by atoms with Crippen molar-refractivity contribution in [2.45, 2.75) is 6.61 Å². The van der Waals surface area contributed by atoms with E-state index in [1.165, 1.54) is 6.07 Å². The van der Waals surface area contributed by atoms with Crippen molar-refractivity contribution in [1.29, 1.82) is 0 Å². The third-order valence-electron chi connectivity index (χ3n) is 4.39. The van der Waals surface area contributed by atoms with Gasteiger partial charge in [-0.05, 0) is 24.3 Å². The Balaban J connectivity index is 1.69. The summed E-state index contributed by atoms with van der Waals surface area (Å²) < 4.78 is 0. The molecule has 0 aromatic heterocycles. The first-order valence-electron chi connectivity index (χ1n) is 8.07. The van der Waals surface area contributed by atoms with Crippen molar-refractivity contribution in [2.24, 2.45) is 0 Å². The van der Waals surface area contributed by atoms with Gasteiger partial charge in [0.05, 0.1) is 17.1 Å². The molecule has 1 aliphatic rings. The molecular formula is C18H19N3O4. The van der Waals surface area contributed by atoms with Crippen LogP contribution in [0.3, 0.4) is 0 Å². The standard InChI is InChI=1S/C18H19N3O4/c22-13-15-6-7-16(12-17(15)21(24)25)19-8-10-20(11-9-19)18(23)14-4-2-1-3-5-14/h1-7,12,22H,8-11,13H2. The molecular weight excluding hydrogens is 322 g/mol. The zero-order chi connectivity index (χ0) is 17.8. The molecule has 0 aliphatic carbocycles. The van der Waals surface area contributed by atoms with Crippen LogP contribution in [0, 0.1) is 10.1 Å². The number of carbonyl (C=O) groups is 1. The normalized spacial score (nSPS) is 14.4. The van der Waals surface area contributed by atoms with Gasteiger partial charge in [0.15, 0.2) is 0 Å². The second-order valence-corrected chi connectivity index (χ2v) is 5.87. The summed E-state index contributed by atoms with van der Waals surface area (Å²) in [5.41, 5.74) is 1.61. The number of nitro groups is 1. The molecule has 0 spiro atoms. The highest BCUT2D eigenvalue weighted by atomic mass is 16.6. The van der Waals surface area contributed by atoms with Gasteiger partial charge in [0, 0.05) is 43.5 Å². The third-order valence-corrected chi connectivity index (χ3v) is 4.39. The lowest BCUT2D eigenvalue weighted by Crippen LogP contribution is -2.48. The van der Waals surface area contributed by atoms with Crippen LogP contribution in [0.15, 0.2) is 48.5 Å². The number of piperazine rings is 1. The number of aliphatic hydroxyl groups is 1. The predicted octanol–water partition coefficient (Wildman–Crippen LogP) is 2.05. The molecule has 1 fully saturated rings. The number of benzene rings is 2. The topological polar surface area (TPSA) is 86.9 Å². The van der Waals surface area contributed by atoms with Crippen LogP contribution >= 0.6 is 0 Å². The number of aliphatic hydroxyl groups excluding tert-OH is 1. The molecule has 7 nitrogen and oxygen atoms in total. The van der Waals surface area contributed by atoms with Crippen molar-refractivity contribution in [1.82, 2.24) is 4.90 Å². The van der Waals surface area contributed by atoms with Crippen molar-refractivity contribution < 1.29 is 14.8 Å². The maximum absolute atomic E-state index is 12.5. The Hall–Kier alpha value is -2.93. The van der Waals surface area contributed by atoms with Crippen LogP contribution < -0.4 is 4.90 Å². The summed E-state index contributed by atoms with van der Waals surface area (Å²) in [5, 5.41) is 20.3. The van der Waals surface area contributed by atoms with Crippen molar-refractivity contribution in [3.05, 3.63) is 69.8 Å². The van der Waals surface area contributed by atoms with Crippen LogP contribution in [0.1, 0.15) is 15.9 Å². The first kappa shape index (κ1) is 16.9. The van der Waals surface area contributed by atoms with Crippen molar-refractivity contribution in [2.75, 3.05) is 31.1 Å². The lowest BCUT2D eigenvalue weighted by Gasteiger charge is -2.36.